The van der Waals surface area contributed by atoms with Gasteiger partial charge >= 0.3 is 11.9 Å². The van der Waals surface area contributed by atoms with Crippen LogP contribution in [0.1, 0.15) is 26.4 Å². The molecule has 0 unspecified atom stereocenters. The SMILES string of the molecule is Nc1nc2ncc(CNc3ccc(C(=O)O)c(C(=O)O)c3)nc2c(=O)[nH]1. The first kappa shape index (κ1) is 16.8. The number of hydrogen-bond acceptors (Lipinski definition) is 8. The second kappa shape index (κ2) is 6.47. The number of benzene rings is 1. The van der Waals surface area contributed by atoms with Gasteiger partial charge in [0, 0.05) is 5.69 Å². The van der Waals surface area contributed by atoms with Crippen LogP contribution in [0.3, 0.4) is 0 Å². The number of nitrogen functional groups attached to an aromatic ring is 1. The van der Waals surface area contributed by atoms with Gasteiger partial charge in [-0.2, -0.15) is 4.98 Å². The number of aromatic carboxylic acids is 2. The number of rotatable bonds is 5. The molecule has 0 aliphatic carbocycles. The molecule has 2 aromatic heterocycles. The van der Waals surface area contributed by atoms with E-state index in [4.69, 9.17) is 15.9 Å². The maximum Gasteiger partial charge on any atom is 0.336 e. The van der Waals surface area contributed by atoms with Gasteiger partial charge in [0.1, 0.15) is 0 Å². The summed E-state index contributed by atoms with van der Waals surface area (Å²) < 4.78 is 0. The van der Waals surface area contributed by atoms with E-state index < -0.39 is 17.5 Å². The second-order valence-electron chi connectivity index (χ2n) is 5.21. The van der Waals surface area contributed by atoms with Crippen LogP contribution in [-0.2, 0) is 6.54 Å². The number of hydrogen-bond donors (Lipinski definition) is 5. The van der Waals surface area contributed by atoms with Crippen molar-refractivity contribution in [3.8, 4) is 0 Å². The standard InChI is InChI=1S/C15H12N6O5/c16-15-20-11-10(12(22)21-15)19-7(5-18-11)4-17-6-1-2-8(13(23)24)9(3-6)14(25)26/h1-3,5,17H,4H2,(H,23,24)(H,25,26)(H3,16,18,20,21,22). The third kappa shape index (κ3) is 3.26. The number of carboxylic acids is 2. The van der Waals surface area contributed by atoms with Gasteiger partial charge in [0.15, 0.2) is 11.2 Å². The number of aromatic nitrogens is 4. The van der Waals surface area contributed by atoms with E-state index in [0.29, 0.717) is 11.4 Å². The number of H-pyrrole nitrogens is 1. The lowest BCUT2D eigenvalue weighted by atomic mass is 10.1. The predicted molar refractivity (Wildman–Crippen MR) is 90.1 cm³/mol. The summed E-state index contributed by atoms with van der Waals surface area (Å²) in [5, 5.41) is 21.0. The highest BCUT2D eigenvalue weighted by molar-refractivity contribution is 6.02. The van der Waals surface area contributed by atoms with E-state index in [1.807, 2.05) is 0 Å². The minimum absolute atomic E-state index is 0.0194. The molecule has 0 fully saturated rings. The number of aromatic amines is 1. The molecule has 1 aromatic carbocycles. The fraction of sp³-hybridized carbons (Fsp3) is 0.0667. The number of anilines is 2. The summed E-state index contributed by atoms with van der Waals surface area (Å²) in [4.78, 5) is 48.4. The molecule has 26 heavy (non-hydrogen) atoms. The van der Waals surface area contributed by atoms with Crippen LogP contribution in [0.25, 0.3) is 11.2 Å². The van der Waals surface area contributed by atoms with Gasteiger partial charge in [-0.25, -0.2) is 19.6 Å². The maximum atomic E-state index is 11.8. The number of fused-ring (bicyclic) bond motifs is 1. The molecule has 3 aromatic rings. The van der Waals surface area contributed by atoms with E-state index in [1.54, 1.807) is 0 Å². The highest BCUT2D eigenvalue weighted by Gasteiger charge is 2.16. The Balaban J connectivity index is 1.86. The molecule has 0 atom stereocenters. The lowest BCUT2D eigenvalue weighted by Crippen LogP contribution is -2.15. The van der Waals surface area contributed by atoms with Gasteiger partial charge in [0.05, 0.1) is 29.6 Å². The molecule has 11 heteroatoms. The molecule has 11 nitrogen and oxygen atoms in total. The van der Waals surface area contributed by atoms with Gasteiger partial charge in [-0.05, 0) is 18.2 Å². The summed E-state index contributed by atoms with van der Waals surface area (Å²) in [5.41, 5.74) is 5.14. The first-order valence-corrected chi connectivity index (χ1v) is 7.21. The first-order valence-electron chi connectivity index (χ1n) is 7.21. The fourth-order valence-corrected chi connectivity index (χ4v) is 2.27. The number of carboxylic acid groups (broad SMARTS) is 2. The molecule has 6 N–H and O–H groups in total. The lowest BCUT2D eigenvalue weighted by Gasteiger charge is -2.09. The third-order valence-corrected chi connectivity index (χ3v) is 3.44. The molecule has 0 spiro atoms. The van der Waals surface area contributed by atoms with Gasteiger partial charge < -0.3 is 21.3 Å². The maximum absolute atomic E-state index is 11.8. The van der Waals surface area contributed by atoms with Gasteiger partial charge in [-0.3, -0.25) is 9.78 Å². The van der Waals surface area contributed by atoms with E-state index in [0.717, 1.165) is 0 Å². The van der Waals surface area contributed by atoms with Crippen molar-refractivity contribution in [2.75, 3.05) is 11.1 Å². The molecule has 0 radical (unpaired) electrons. The summed E-state index contributed by atoms with van der Waals surface area (Å²) in [6.07, 6.45) is 1.39. The predicted octanol–water partition coefficient (Wildman–Crippen LogP) is 0.304. The van der Waals surface area contributed by atoms with Crippen molar-refractivity contribution in [1.29, 1.82) is 0 Å². The molecule has 0 saturated carbocycles. The fourth-order valence-electron chi connectivity index (χ4n) is 2.27. The molecule has 0 amide bonds. The monoisotopic (exact) mass is 356 g/mol. The van der Waals surface area contributed by atoms with Crippen molar-refractivity contribution in [3.63, 3.8) is 0 Å². The molecular weight excluding hydrogens is 344 g/mol. The number of carbonyl (C=O) groups is 2. The Morgan fingerprint density at radius 3 is 2.58 bits per heavy atom. The lowest BCUT2D eigenvalue weighted by molar-refractivity contribution is 0.0651. The van der Waals surface area contributed by atoms with Crippen molar-refractivity contribution >= 4 is 34.7 Å². The van der Waals surface area contributed by atoms with Crippen LogP contribution >= 0.6 is 0 Å². The zero-order chi connectivity index (χ0) is 18.8. The highest BCUT2D eigenvalue weighted by Crippen LogP contribution is 2.17. The Hall–Kier alpha value is -4.02. The molecule has 3 rings (SSSR count). The van der Waals surface area contributed by atoms with Crippen molar-refractivity contribution in [3.05, 3.63) is 51.6 Å². The molecule has 132 valence electrons. The molecule has 2 heterocycles. The second-order valence-corrected chi connectivity index (χ2v) is 5.21. The van der Waals surface area contributed by atoms with E-state index in [2.05, 4.69) is 25.3 Å². The summed E-state index contributed by atoms with van der Waals surface area (Å²) in [7, 11) is 0. The van der Waals surface area contributed by atoms with Crippen molar-refractivity contribution < 1.29 is 19.8 Å². The molecular formula is C15H12N6O5. The Morgan fingerprint density at radius 1 is 1.15 bits per heavy atom. The van der Waals surface area contributed by atoms with E-state index in [1.165, 1.54) is 24.4 Å². The molecule has 0 aliphatic rings. The molecule has 0 saturated heterocycles. The van der Waals surface area contributed by atoms with Crippen LogP contribution in [0.15, 0.2) is 29.2 Å². The average molecular weight is 356 g/mol. The minimum atomic E-state index is -1.35. The summed E-state index contributed by atoms with van der Waals surface area (Å²) >= 11 is 0. The number of nitrogens with one attached hydrogen (secondary N) is 2. The van der Waals surface area contributed by atoms with Gasteiger partial charge in [-0.1, -0.05) is 0 Å². The Kier molecular flexibility index (Phi) is 4.19. The van der Waals surface area contributed by atoms with Crippen LogP contribution in [-0.4, -0.2) is 42.1 Å². The Morgan fingerprint density at radius 2 is 1.88 bits per heavy atom. The summed E-state index contributed by atoms with van der Waals surface area (Å²) in [5.74, 6) is -2.76. The van der Waals surface area contributed by atoms with Crippen LogP contribution in [0.4, 0.5) is 11.6 Å². The zero-order valence-corrected chi connectivity index (χ0v) is 13.1. The number of nitrogens with zero attached hydrogens (tertiary/aromatic N) is 3. The molecule has 0 bridgehead atoms. The third-order valence-electron chi connectivity index (χ3n) is 3.44. The quantitative estimate of drug-likeness (QED) is 0.426. The zero-order valence-electron chi connectivity index (χ0n) is 13.1. The van der Waals surface area contributed by atoms with Crippen LogP contribution in [0.5, 0.6) is 0 Å². The molecule has 0 aliphatic heterocycles. The topological polar surface area (TPSA) is 184 Å². The minimum Gasteiger partial charge on any atom is -0.478 e. The van der Waals surface area contributed by atoms with Crippen molar-refractivity contribution in [1.82, 2.24) is 19.9 Å². The highest BCUT2D eigenvalue weighted by atomic mass is 16.4. The summed E-state index contributed by atoms with van der Waals surface area (Å²) in [6, 6.07) is 3.83. The number of nitrogens with two attached hydrogens (primary N) is 1. The Labute approximate surface area is 144 Å². The van der Waals surface area contributed by atoms with E-state index >= 15 is 0 Å². The van der Waals surface area contributed by atoms with Gasteiger partial charge in [-0.15, -0.1) is 0 Å². The largest absolute Gasteiger partial charge is 0.478 e. The van der Waals surface area contributed by atoms with Crippen LogP contribution < -0.4 is 16.6 Å². The van der Waals surface area contributed by atoms with Crippen LogP contribution in [0, 0.1) is 0 Å². The van der Waals surface area contributed by atoms with Gasteiger partial charge in [0.2, 0.25) is 5.95 Å². The van der Waals surface area contributed by atoms with Gasteiger partial charge in [0.25, 0.3) is 5.56 Å². The summed E-state index contributed by atoms with van der Waals surface area (Å²) in [6.45, 7) is 0.123. The van der Waals surface area contributed by atoms with Crippen molar-refractivity contribution in [2.45, 2.75) is 6.54 Å². The van der Waals surface area contributed by atoms with E-state index in [9.17, 15) is 14.4 Å². The smallest absolute Gasteiger partial charge is 0.336 e. The van der Waals surface area contributed by atoms with Crippen molar-refractivity contribution in [2.24, 2.45) is 0 Å². The normalized spacial score (nSPS) is 10.6. The Bertz CT molecular complexity index is 1090. The average Bonchev–Trinajstić information content (AvgIpc) is 2.59. The first-order chi connectivity index (χ1) is 12.3. The van der Waals surface area contributed by atoms with Crippen LogP contribution in [0.2, 0.25) is 0 Å². The van der Waals surface area contributed by atoms with E-state index in [-0.39, 0.29) is 34.8 Å².